The van der Waals surface area contributed by atoms with Crippen molar-refractivity contribution in [2.75, 3.05) is 0 Å². The van der Waals surface area contributed by atoms with Gasteiger partial charge in [0.05, 0.1) is 0 Å². The Hall–Kier alpha value is -0.520. The van der Waals surface area contributed by atoms with E-state index in [2.05, 4.69) is 32.1 Å². The number of allylic oxidation sites excluding steroid dienone is 4. The number of hydrogen-bond acceptors (Lipinski definition) is 0. The normalized spacial score (nSPS) is 11.8. The van der Waals surface area contributed by atoms with Gasteiger partial charge in [0.1, 0.15) is 0 Å². The highest BCUT2D eigenvalue weighted by molar-refractivity contribution is 4.85. The molecule has 0 aliphatic rings. The van der Waals surface area contributed by atoms with Crippen LogP contribution in [0.1, 0.15) is 32.6 Å². The van der Waals surface area contributed by atoms with Gasteiger partial charge >= 0.3 is 0 Å². The Bertz CT molecular complexity index is 98.6. The van der Waals surface area contributed by atoms with Crippen LogP contribution in [0.4, 0.5) is 0 Å². The van der Waals surface area contributed by atoms with E-state index >= 15 is 0 Å². The minimum atomic E-state index is 1.16. The van der Waals surface area contributed by atoms with Crippen molar-refractivity contribution in [2.45, 2.75) is 32.6 Å². The molecule has 0 heterocycles. The van der Waals surface area contributed by atoms with Crippen LogP contribution in [0.25, 0.3) is 0 Å². The maximum absolute atomic E-state index is 3.62. The van der Waals surface area contributed by atoms with Crippen LogP contribution in [0, 0.1) is 6.92 Å². The van der Waals surface area contributed by atoms with Crippen LogP contribution >= 0.6 is 0 Å². The molecule has 0 atom stereocenters. The molecule has 0 rings (SSSR count). The van der Waals surface area contributed by atoms with Gasteiger partial charge in [-0.05, 0) is 32.6 Å². The lowest BCUT2D eigenvalue weighted by molar-refractivity contribution is 0.865. The Morgan fingerprint density at radius 3 is 2.40 bits per heavy atom. The number of unbranched alkanes of at least 4 members (excludes halogenated alkanes) is 2. The molecular formula is C10H17. The SMILES string of the molecule is [CH2]C=CCCCC=CCC. The highest BCUT2D eigenvalue weighted by Crippen LogP contribution is 1.97. The first kappa shape index (κ1) is 9.48. The van der Waals surface area contributed by atoms with Crippen LogP contribution in [0.2, 0.25) is 0 Å². The molecule has 0 nitrogen and oxygen atoms in total. The molecule has 0 aliphatic carbocycles. The van der Waals surface area contributed by atoms with Gasteiger partial charge in [-0.25, -0.2) is 0 Å². The average Bonchev–Trinajstić information content (AvgIpc) is 1.97. The molecule has 0 heteroatoms. The first-order valence-corrected chi connectivity index (χ1v) is 4.01. The summed E-state index contributed by atoms with van der Waals surface area (Å²) in [5.74, 6) is 0. The van der Waals surface area contributed by atoms with Gasteiger partial charge in [0.2, 0.25) is 0 Å². The van der Waals surface area contributed by atoms with E-state index < -0.39 is 0 Å². The summed E-state index contributed by atoms with van der Waals surface area (Å²) in [6.07, 6.45) is 13.2. The predicted molar refractivity (Wildman–Crippen MR) is 47.8 cm³/mol. The fourth-order valence-electron chi connectivity index (χ4n) is 0.756. The van der Waals surface area contributed by atoms with Gasteiger partial charge < -0.3 is 0 Å². The van der Waals surface area contributed by atoms with E-state index in [4.69, 9.17) is 0 Å². The Balaban J connectivity index is 2.97. The zero-order valence-electron chi connectivity index (χ0n) is 6.84. The van der Waals surface area contributed by atoms with E-state index in [0.717, 1.165) is 12.8 Å². The number of hydrogen-bond donors (Lipinski definition) is 0. The quantitative estimate of drug-likeness (QED) is 0.402. The second-order valence-electron chi connectivity index (χ2n) is 2.28. The van der Waals surface area contributed by atoms with Crippen LogP contribution in [0.15, 0.2) is 24.3 Å². The third-order valence-electron chi connectivity index (χ3n) is 1.31. The molecule has 0 aromatic carbocycles. The third kappa shape index (κ3) is 7.48. The molecule has 0 saturated heterocycles. The maximum Gasteiger partial charge on any atom is -0.0316 e. The summed E-state index contributed by atoms with van der Waals surface area (Å²) in [4.78, 5) is 0. The second-order valence-corrected chi connectivity index (χ2v) is 2.28. The Kier molecular flexibility index (Phi) is 8.04. The van der Waals surface area contributed by atoms with E-state index in [-0.39, 0.29) is 0 Å². The molecule has 10 heavy (non-hydrogen) atoms. The summed E-state index contributed by atoms with van der Waals surface area (Å²) >= 11 is 0. The lowest BCUT2D eigenvalue weighted by Crippen LogP contribution is -1.67. The molecule has 0 saturated carbocycles. The fraction of sp³-hybridized carbons (Fsp3) is 0.500. The first-order chi connectivity index (χ1) is 4.91. The minimum Gasteiger partial charge on any atom is -0.0888 e. The predicted octanol–water partition coefficient (Wildman–Crippen LogP) is 3.51. The van der Waals surface area contributed by atoms with Crippen molar-refractivity contribution in [3.05, 3.63) is 31.2 Å². The third-order valence-corrected chi connectivity index (χ3v) is 1.31. The molecule has 0 aliphatic heterocycles. The lowest BCUT2D eigenvalue weighted by atomic mass is 10.2. The van der Waals surface area contributed by atoms with Gasteiger partial charge in [0, 0.05) is 0 Å². The number of rotatable bonds is 5. The Morgan fingerprint density at radius 2 is 1.80 bits per heavy atom. The van der Waals surface area contributed by atoms with Crippen LogP contribution < -0.4 is 0 Å². The van der Waals surface area contributed by atoms with E-state index in [0.29, 0.717) is 0 Å². The van der Waals surface area contributed by atoms with Crippen molar-refractivity contribution in [2.24, 2.45) is 0 Å². The van der Waals surface area contributed by atoms with Crippen LogP contribution in [0.5, 0.6) is 0 Å². The molecule has 0 spiro atoms. The molecule has 0 N–H and O–H groups in total. The van der Waals surface area contributed by atoms with Crippen molar-refractivity contribution in [1.29, 1.82) is 0 Å². The molecule has 0 fully saturated rings. The molecular weight excluding hydrogens is 120 g/mol. The topological polar surface area (TPSA) is 0 Å². The molecule has 0 unspecified atom stereocenters. The summed E-state index contributed by atoms with van der Waals surface area (Å²) in [5, 5.41) is 0. The van der Waals surface area contributed by atoms with Crippen LogP contribution in [-0.2, 0) is 0 Å². The van der Waals surface area contributed by atoms with Crippen molar-refractivity contribution in [3.63, 3.8) is 0 Å². The fourth-order valence-corrected chi connectivity index (χ4v) is 0.756. The molecule has 1 radical (unpaired) electrons. The van der Waals surface area contributed by atoms with Crippen LogP contribution in [0.3, 0.4) is 0 Å². The molecule has 0 bridgehead atoms. The summed E-state index contributed by atoms with van der Waals surface area (Å²) < 4.78 is 0. The lowest BCUT2D eigenvalue weighted by Gasteiger charge is -1.88. The molecule has 57 valence electrons. The van der Waals surface area contributed by atoms with Gasteiger partial charge in [-0.2, -0.15) is 0 Å². The van der Waals surface area contributed by atoms with Gasteiger partial charge in [-0.1, -0.05) is 31.2 Å². The van der Waals surface area contributed by atoms with E-state index in [9.17, 15) is 0 Å². The molecule has 0 amide bonds. The Labute approximate surface area is 64.6 Å². The first-order valence-electron chi connectivity index (χ1n) is 4.01. The summed E-state index contributed by atoms with van der Waals surface area (Å²) in [7, 11) is 0. The van der Waals surface area contributed by atoms with Crippen molar-refractivity contribution < 1.29 is 0 Å². The van der Waals surface area contributed by atoms with Gasteiger partial charge in [-0.3, -0.25) is 0 Å². The van der Waals surface area contributed by atoms with Gasteiger partial charge in [-0.15, -0.1) is 0 Å². The largest absolute Gasteiger partial charge is 0.0888 e. The summed E-state index contributed by atoms with van der Waals surface area (Å²) in [6.45, 7) is 5.78. The highest BCUT2D eigenvalue weighted by atomic mass is 13.8. The van der Waals surface area contributed by atoms with E-state index in [1.807, 2.05) is 6.08 Å². The van der Waals surface area contributed by atoms with Gasteiger partial charge in [0.15, 0.2) is 0 Å². The van der Waals surface area contributed by atoms with E-state index in [1.165, 1.54) is 12.8 Å². The smallest absolute Gasteiger partial charge is 0.0316 e. The van der Waals surface area contributed by atoms with E-state index in [1.54, 1.807) is 0 Å². The van der Waals surface area contributed by atoms with Crippen molar-refractivity contribution >= 4 is 0 Å². The summed E-state index contributed by atoms with van der Waals surface area (Å²) in [6, 6.07) is 0. The molecule has 0 aromatic rings. The Morgan fingerprint density at radius 1 is 1.10 bits per heavy atom. The zero-order valence-corrected chi connectivity index (χ0v) is 6.84. The van der Waals surface area contributed by atoms with Crippen molar-refractivity contribution in [1.82, 2.24) is 0 Å². The standard InChI is InChI=1S/C10H17/c1-3-5-7-9-10-8-6-4-2/h3,5-6,8H,1,4,7,9-10H2,2H3. The minimum absolute atomic E-state index is 1.16. The van der Waals surface area contributed by atoms with Gasteiger partial charge in [0.25, 0.3) is 0 Å². The summed E-state index contributed by atoms with van der Waals surface area (Å²) in [5.41, 5.74) is 0. The zero-order chi connectivity index (χ0) is 7.66. The highest BCUT2D eigenvalue weighted by Gasteiger charge is 1.77. The maximum atomic E-state index is 3.62. The van der Waals surface area contributed by atoms with Crippen LogP contribution in [-0.4, -0.2) is 0 Å². The second kappa shape index (κ2) is 8.48. The molecule has 0 aromatic heterocycles. The monoisotopic (exact) mass is 137 g/mol. The average molecular weight is 137 g/mol. The van der Waals surface area contributed by atoms with Crippen molar-refractivity contribution in [3.8, 4) is 0 Å².